The Balaban J connectivity index is -0.0000000860. The fourth-order valence-corrected chi connectivity index (χ4v) is 0. The summed E-state index contributed by atoms with van der Waals surface area (Å²) in [6, 6.07) is 0. The molecule has 0 saturated carbocycles. The largest absolute Gasteiger partial charge is 0.522 e. The van der Waals surface area contributed by atoms with Crippen LogP contribution in [0.25, 0.3) is 0 Å². The van der Waals surface area contributed by atoms with E-state index in [0.717, 1.165) is 0 Å². The Kier molecular flexibility index (Phi) is 25.3. The molecule has 6 N–H and O–H groups in total. The van der Waals surface area contributed by atoms with Gasteiger partial charge in [0.25, 0.3) is 0 Å². The minimum absolute atomic E-state index is 0. The molecule has 49 heavy (non-hydrogen) atoms. The Hall–Kier alpha value is -1.07. The molecule has 0 aliphatic heterocycles. The second kappa shape index (κ2) is 19.7. The molecule has 0 spiro atoms. The molecule has 0 radical (unpaired) electrons. The van der Waals surface area contributed by atoms with E-state index in [4.69, 9.17) is 77.8 Å². The predicted octanol–water partition coefficient (Wildman–Crippen LogP) is 2.98. The zero-order chi connectivity index (χ0) is 42.0. The highest BCUT2D eigenvalue weighted by Crippen LogP contribution is 2.23. The second-order valence-corrected chi connectivity index (χ2v) is 14.0. The Morgan fingerprint density at radius 3 is 0.245 bits per heavy atom. The molecule has 0 bridgehead atoms. The molecule has 0 saturated heterocycles. The van der Waals surface area contributed by atoms with E-state index in [2.05, 4.69) is 0 Å². The highest BCUT2D eigenvalue weighted by Gasteiger charge is 2.47. The highest BCUT2D eigenvalue weighted by atomic mass is 127. The highest BCUT2D eigenvalue weighted by molar-refractivity contribution is 14.0. The van der Waals surface area contributed by atoms with Gasteiger partial charge in [0.05, 0.1) is 0 Å². The lowest BCUT2D eigenvalue weighted by Gasteiger charge is -1.97. The van der Waals surface area contributed by atoms with Gasteiger partial charge < -0.3 is 0 Å². The van der Waals surface area contributed by atoms with Crippen molar-refractivity contribution in [2.75, 3.05) is 0 Å². The van der Waals surface area contributed by atoms with Crippen molar-refractivity contribution in [3.63, 3.8) is 0 Å². The third kappa shape index (κ3) is 33.8. The fraction of sp³-hybridized carbons (Fsp3) is 1.00. The molecular weight excluding hydrogens is 1020 g/mol. The maximum atomic E-state index is 10.7. The van der Waals surface area contributed by atoms with Gasteiger partial charge in [0, 0.05) is 0 Å². The summed E-state index contributed by atoms with van der Waals surface area (Å²) in [5.74, 6) is 0. The van der Waals surface area contributed by atoms with Gasteiger partial charge in [0.2, 0.25) is 0 Å². The molecule has 0 aromatic rings. The van der Waals surface area contributed by atoms with Crippen LogP contribution in [0.4, 0.5) is 79.0 Å². The van der Waals surface area contributed by atoms with E-state index in [1.165, 1.54) is 0 Å². The molecule has 0 atom stereocenters. The summed E-state index contributed by atoms with van der Waals surface area (Å²) in [6.07, 6.45) is 0. The van der Waals surface area contributed by atoms with Crippen molar-refractivity contribution in [2.45, 2.75) is 33.0 Å². The average Bonchev–Trinajstić information content (AvgIpc) is 2.60. The minimum Gasteiger partial charge on any atom is -0.279 e. The van der Waals surface area contributed by atoms with E-state index in [1.807, 2.05) is 0 Å². The molecular formula is C6H7F18IO18S6. The quantitative estimate of drug-likeness (QED) is 0.0879. The average molecular weight is 1030 g/mol. The monoisotopic (exact) mass is 1030 g/mol. The van der Waals surface area contributed by atoms with Crippen LogP contribution in [0.15, 0.2) is 0 Å². The van der Waals surface area contributed by atoms with Crippen molar-refractivity contribution in [3.05, 3.63) is 0 Å². The van der Waals surface area contributed by atoms with Crippen LogP contribution in [-0.2, 0) is 60.7 Å². The maximum Gasteiger partial charge on any atom is 0.522 e. The van der Waals surface area contributed by atoms with Crippen molar-refractivity contribution < 1.29 is 157 Å². The number of hydrogen-bond donors (Lipinski definition) is 6. The van der Waals surface area contributed by atoms with Crippen LogP contribution < -0.4 is 0 Å². The first-order chi connectivity index (χ1) is 19.5. The molecule has 0 heterocycles. The van der Waals surface area contributed by atoms with Crippen molar-refractivity contribution >= 4 is 84.7 Å². The van der Waals surface area contributed by atoms with E-state index in [-0.39, 0.29) is 24.0 Å². The van der Waals surface area contributed by atoms with Crippen molar-refractivity contribution in [1.29, 1.82) is 0 Å². The fourth-order valence-electron chi connectivity index (χ4n) is 0. The van der Waals surface area contributed by atoms with Gasteiger partial charge >= 0.3 is 93.8 Å². The van der Waals surface area contributed by atoms with Gasteiger partial charge in [-0.05, 0) is 0 Å². The van der Waals surface area contributed by atoms with Crippen LogP contribution in [0, 0.1) is 0 Å². The van der Waals surface area contributed by atoms with Crippen LogP contribution in [0.5, 0.6) is 0 Å². The third-order valence-electron chi connectivity index (χ3n) is 1.75. The molecule has 0 aromatic carbocycles. The van der Waals surface area contributed by atoms with Crippen molar-refractivity contribution in [3.8, 4) is 0 Å². The zero-order valence-corrected chi connectivity index (χ0v) is 27.5. The molecule has 0 aliphatic rings. The number of hydrogen-bond acceptors (Lipinski definition) is 12. The molecule has 0 rings (SSSR count). The first-order valence-corrected chi connectivity index (χ1v) is 16.4. The summed E-state index contributed by atoms with van der Waals surface area (Å²) in [7, 11) is -35.0. The van der Waals surface area contributed by atoms with Gasteiger partial charge in [-0.1, -0.05) is 0 Å². The van der Waals surface area contributed by atoms with Gasteiger partial charge in [-0.15, -0.1) is 24.0 Å². The van der Waals surface area contributed by atoms with Gasteiger partial charge in [-0.3, -0.25) is 27.3 Å². The Morgan fingerprint density at radius 1 is 0.224 bits per heavy atom. The van der Waals surface area contributed by atoms with Gasteiger partial charge in [-0.2, -0.15) is 130 Å². The van der Waals surface area contributed by atoms with Gasteiger partial charge in [0.15, 0.2) is 0 Å². The molecule has 0 amide bonds. The Morgan fingerprint density at radius 2 is 0.245 bits per heavy atom. The smallest absolute Gasteiger partial charge is 0.279 e. The first-order valence-electron chi connectivity index (χ1n) is 7.72. The summed E-state index contributed by atoms with van der Waals surface area (Å²) < 4.78 is 345. The molecule has 43 heteroatoms. The Bertz CT molecular complexity index is 1310. The normalized spacial score (nSPS) is 13.7. The van der Waals surface area contributed by atoms with Crippen LogP contribution in [0.2, 0.25) is 0 Å². The standard InChI is InChI=1S/6CHF3O3S.HI/c6*2-1(3,4)8(5,6)7;/h6*(H,5,6,7);1H. The molecule has 18 nitrogen and oxygen atoms in total. The van der Waals surface area contributed by atoms with E-state index in [9.17, 15) is 79.0 Å². The second-order valence-electron chi connectivity index (χ2n) is 5.52. The van der Waals surface area contributed by atoms with Crippen molar-refractivity contribution in [2.24, 2.45) is 0 Å². The van der Waals surface area contributed by atoms with Crippen LogP contribution in [0.3, 0.4) is 0 Å². The van der Waals surface area contributed by atoms with E-state index >= 15 is 0 Å². The number of halogens is 19. The van der Waals surface area contributed by atoms with E-state index in [1.54, 1.807) is 0 Å². The first kappa shape index (κ1) is 63.0. The van der Waals surface area contributed by atoms with Gasteiger partial charge in [0.1, 0.15) is 0 Å². The number of rotatable bonds is 0. The maximum absolute atomic E-state index is 10.7. The summed E-state index contributed by atoms with van der Waals surface area (Å²) in [6.45, 7) is 0. The lowest BCUT2D eigenvalue weighted by Crippen LogP contribution is -2.21. The van der Waals surface area contributed by atoms with E-state index in [0.29, 0.717) is 0 Å². The molecule has 0 unspecified atom stereocenters. The molecule has 0 fully saturated rings. The third-order valence-corrected chi connectivity index (χ3v) is 5.26. The molecule has 308 valence electrons. The topological polar surface area (TPSA) is 326 Å². The van der Waals surface area contributed by atoms with Crippen LogP contribution >= 0.6 is 24.0 Å². The summed E-state index contributed by atoms with van der Waals surface area (Å²) in [5.41, 5.74) is -33.2. The van der Waals surface area contributed by atoms with Gasteiger partial charge in [-0.25, -0.2) is 0 Å². The van der Waals surface area contributed by atoms with Crippen LogP contribution in [0.1, 0.15) is 0 Å². The predicted molar refractivity (Wildman–Crippen MR) is 121 cm³/mol. The van der Waals surface area contributed by atoms with Crippen molar-refractivity contribution in [1.82, 2.24) is 0 Å². The molecule has 0 aliphatic carbocycles. The summed E-state index contributed by atoms with van der Waals surface area (Å²) in [5, 5.41) is 0. The molecule has 0 aromatic heterocycles. The summed E-state index contributed by atoms with van der Waals surface area (Å²) in [4.78, 5) is 0. The zero-order valence-electron chi connectivity index (χ0n) is 20.2. The number of alkyl halides is 18. The summed E-state index contributed by atoms with van der Waals surface area (Å²) >= 11 is 0. The lowest BCUT2D eigenvalue weighted by atomic mass is 11.6. The van der Waals surface area contributed by atoms with Crippen LogP contribution in [-0.4, -0.2) is 111 Å². The Labute approximate surface area is 273 Å². The SMILES string of the molecule is I.O=S(=O)(O)C(F)(F)F.O=S(=O)(O)C(F)(F)F.O=S(=O)(O)C(F)(F)F.O=S(=O)(O)C(F)(F)F.O=S(=O)(O)C(F)(F)F.O=S(=O)(O)C(F)(F)F. The minimum atomic E-state index is -5.84. The van der Waals surface area contributed by atoms with E-state index < -0.39 is 93.8 Å². The lowest BCUT2D eigenvalue weighted by molar-refractivity contribution is -0.0514.